The van der Waals surface area contributed by atoms with Crippen LogP contribution in [0.1, 0.15) is 36.3 Å². The van der Waals surface area contributed by atoms with Crippen LogP contribution in [0.4, 0.5) is 4.79 Å². The number of aromatic nitrogens is 1. The SMILES string of the molecule is Cc1noc(C)c1CN1CCCN(C(=O)NC[C@H]2CCCO2)CC1. The molecule has 3 heterocycles. The molecule has 0 unspecified atom stereocenters. The Morgan fingerprint density at radius 3 is 2.83 bits per heavy atom. The first-order valence-electron chi connectivity index (χ1n) is 8.92. The van der Waals surface area contributed by atoms with Crippen molar-refractivity contribution < 1.29 is 14.1 Å². The van der Waals surface area contributed by atoms with Crippen LogP contribution in [-0.2, 0) is 11.3 Å². The highest BCUT2D eigenvalue weighted by atomic mass is 16.5. The second-order valence-electron chi connectivity index (χ2n) is 6.74. The summed E-state index contributed by atoms with van der Waals surface area (Å²) in [6, 6.07) is 0.0321. The summed E-state index contributed by atoms with van der Waals surface area (Å²) in [5.74, 6) is 0.892. The molecule has 1 atom stereocenters. The maximum Gasteiger partial charge on any atom is 0.317 e. The van der Waals surface area contributed by atoms with Gasteiger partial charge in [-0.25, -0.2) is 4.79 Å². The Morgan fingerprint density at radius 1 is 1.25 bits per heavy atom. The minimum absolute atomic E-state index is 0.0321. The molecular weight excluding hydrogens is 308 g/mol. The lowest BCUT2D eigenvalue weighted by Gasteiger charge is -2.23. The zero-order valence-electron chi connectivity index (χ0n) is 14.7. The molecule has 0 aliphatic carbocycles. The number of ether oxygens (including phenoxy) is 1. The van der Waals surface area contributed by atoms with Crippen LogP contribution < -0.4 is 5.32 Å². The summed E-state index contributed by atoms with van der Waals surface area (Å²) >= 11 is 0. The zero-order chi connectivity index (χ0) is 16.9. The Balaban J connectivity index is 1.46. The van der Waals surface area contributed by atoms with Gasteiger partial charge in [-0.15, -0.1) is 0 Å². The average Bonchev–Trinajstić information content (AvgIpc) is 3.12. The van der Waals surface area contributed by atoms with Gasteiger partial charge in [0, 0.05) is 51.4 Å². The molecule has 24 heavy (non-hydrogen) atoms. The van der Waals surface area contributed by atoms with Crippen molar-refractivity contribution in [2.24, 2.45) is 0 Å². The molecule has 2 aliphatic heterocycles. The Hall–Kier alpha value is -1.60. The van der Waals surface area contributed by atoms with Crippen LogP contribution in [0.5, 0.6) is 0 Å². The van der Waals surface area contributed by atoms with Crippen molar-refractivity contribution >= 4 is 6.03 Å². The van der Waals surface area contributed by atoms with E-state index in [1.807, 2.05) is 18.7 Å². The van der Waals surface area contributed by atoms with Crippen LogP contribution in [0, 0.1) is 13.8 Å². The smallest absolute Gasteiger partial charge is 0.317 e. The summed E-state index contributed by atoms with van der Waals surface area (Å²) in [4.78, 5) is 16.6. The van der Waals surface area contributed by atoms with Crippen LogP contribution in [-0.4, -0.2) is 66.4 Å². The summed E-state index contributed by atoms with van der Waals surface area (Å²) in [7, 11) is 0. The Kier molecular flexibility index (Phi) is 5.73. The van der Waals surface area contributed by atoms with Gasteiger partial charge in [0.1, 0.15) is 5.76 Å². The number of carbonyl (C=O) groups excluding carboxylic acids is 1. The fourth-order valence-electron chi connectivity index (χ4n) is 3.40. The van der Waals surface area contributed by atoms with Crippen molar-refractivity contribution in [3.05, 3.63) is 17.0 Å². The van der Waals surface area contributed by atoms with Gasteiger partial charge in [0.05, 0.1) is 11.8 Å². The van der Waals surface area contributed by atoms with E-state index in [0.717, 1.165) is 70.0 Å². The van der Waals surface area contributed by atoms with Crippen LogP contribution in [0.2, 0.25) is 0 Å². The molecule has 0 radical (unpaired) electrons. The van der Waals surface area contributed by atoms with E-state index in [-0.39, 0.29) is 12.1 Å². The third-order valence-corrected chi connectivity index (χ3v) is 4.94. The summed E-state index contributed by atoms with van der Waals surface area (Å²) < 4.78 is 10.8. The quantitative estimate of drug-likeness (QED) is 0.906. The summed E-state index contributed by atoms with van der Waals surface area (Å²) in [6.07, 6.45) is 3.32. The van der Waals surface area contributed by atoms with Gasteiger partial charge in [-0.1, -0.05) is 5.16 Å². The first kappa shape index (κ1) is 17.2. The molecule has 0 spiro atoms. The van der Waals surface area contributed by atoms with Crippen molar-refractivity contribution in [3.8, 4) is 0 Å². The van der Waals surface area contributed by atoms with Gasteiger partial charge in [0.2, 0.25) is 0 Å². The van der Waals surface area contributed by atoms with Gasteiger partial charge < -0.3 is 19.5 Å². The molecular formula is C17H28N4O3. The zero-order valence-corrected chi connectivity index (χ0v) is 14.7. The monoisotopic (exact) mass is 336 g/mol. The van der Waals surface area contributed by atoms with E-state index in [1.165, 1.54) is 5.56 Å². The highest BCUT2D eigenvalue weighted by Gasteiger charge is 2.22. The van der Waals surface area contributed by atoms with E-state index in [9.17, 15) is 4.79 Å². The number of rotatable bonds is 4. The minimum Gasteiger partial charge on any atom is -0.376 e. The number of carbonyl (C=O) groups is 1. The van der Waals surface area contributed by atoms with E-state index in [4.69, 9.17) is 9.26 Å². The van der Waals surface area contributed by atoms with Crippen molar-refractivity contribution in [1.29, 1.82) is 0 Å². The lowest BCUT2D eigenvalue weighted by molar-refractivity contribution is 0.109. The van der Waals surface area contributed by atoms with Gasteiger partial charge in [0.15, 0.2) is 0 Å². The fourth-order valence-corrected chi connectivity index (χ4v) is 3.40. The molecule has 1 aromatic heterocycles. The number of nitrogens with one attached hydrogen (secondary N) is 1. The standard InChI is InChI=1S/C17H28N4O3/c1-13-16(14(2)24-19-13)12-20-6-4-7-21(9-8-20)17(22)18-11-15-5-3-10-23-15/h15H,3-12H2,1-2H3,(H,18,22)/t15-/m1/s1. The molecule has 0 bridgehead atoms. The van der Waals surface area contributed by atoms with Crippen LogP contribution in [0.15, 0.2) is 4.52 Å². The predicted octanol–water partition coefficient (Wildman–Crippen LogP) is 1.69. The summed E-state index contributed by atoms with van der Waals surface area (Å²) in [5, 5.41) is 7.04. The topological polar surface area (TPSA) is 70.8 Å². The molecule has 0 aromatic carbocycles. The number of hydrogen-bond donors (Lipinski definition) is 1. The molecule has 134 valence electrons. The third kappa shape index (κ3) is 4.27. The average molecular weight is 336 g/mol. The molecule has 7 nitrogen and oxygen atoms in total. The van der Waals surface area contributed by atoms with E-state index in [0.29, 0.717) is 6.54 Å². The fraction of sp³-hybridized carbons (Fsp3) is 0.765. The molecule has 2 saturated heterocycles. The molecule has 2 amide bonds. The van der Waals surface area contributed by atoms with Gasteiger partial charge in [-0.3, -0.25) is 4.90 Å². The van der Waals surface area contributed by atoms with E-state index >= 15 is 0 Å². The number of aryl methyl sites for hydroxylation is 2. The highest BCUT2D eigenvalue weighted by molar-refractivity contribution is 5.74. The third-order valence-electron chi connectivity index (χ3n) is 4.94. The van der Waals surface area contributed by atoms with E-state index in [2.05, 4.69) is 15.4 Å². The largest absolute Gasteiger partial charge is 0.376 e. The van der Waals surface area contributed by atoms with Crippen LogP contribution in [0.3, 0.4) is 0 Å². The van der Waals surface area contributed by atoms with Crippen molar-refractivity contribution in [1.82, 2.24) is 20.3 Å². The second kappa shape index (κ2) is 7.98. The Morgan fingerprint density at radius 2 is 2.12 bits per heavy atom. The van der Waals surface area contributed by atoms with Crippen molar-refractivity contribution in [2.75, 3.05) is 39.3 Å². The predicted molar refractivity (Wildman–Crippen MR) is 89.8 cm³/mol. The number of urea groups is 1. The number of hydrogen-bond acceptors (Lipinski definition) is 5. The molecule has 1 N–H and O–H groups in total. The minimum atomic E-state index is 0.0321. The van der Waals surface area contributed by atoms with E-state index < -0.39 is 0 Å². The Labute approximate surface area is 143 Å². The maximum atomic E-state index is 12.4. The lowest BCUT2D eigenvalue weighted by atomic mass is 10.2. The van der Waals surface area contributed by atoms with Crippen molar-refractivity contribution in [2.45, 2.75) is 45.8 Å². The van der Waals surface area contributed by atoms with Gasteiger partial charge >= 0.3 is 6.03 Å². The molecule has 2 fully saturated rings. The first-order valence-corrected chi connectivity index (χ1v) is 8.92. The van der Waals surface area contributed by atoms with Crippen LogP contribution in [0.25, 0.3) is 0 Å². The number of nitrogens with zero attached hydrogens (tertiary/aromatic N) is 3. The van der Waals surface area contributed by atoms with Crippen LogP contribution >= 0.6 is 0 Å². The van der Waals surface area contributed by atoms with Gasteiger partial charge in [-0.2, -0.15) is 0 Å². The van der Waals surface area contributed by atoms with Gasteiger partial charge in [-0.05, 0) is 33.1 Å². The molecule has 7 heteroatoms. The molecule has 0 saturated carbocycles. The lowest BCUT2D eigenvalue weighted by Crippen LogP contribution is -2.44. The number of amides is 2. The first-order chi connectivity index (χ1) is 11.6. The maximum absolute atomic E-state index is 12.4. The van der Waals surface area contributed by atoms with Crippen molar-refractivity contribution in [3.63, 3.8) is 0 Å². The molecule has 3 rings (SSSR count). The molecule has 1 aromatic rings. The second-order valence-corrected chi connectivity index (χ2v) is 6.74. The molecule has 2 aliphatic rings. The normalized spacial score (nSPS) is 22.6. The highest BCUT2D eigenvalue weighted by Crippen LogP contribution is 2.16. The van der Waals surface area contributed by atoms with E-state index in [1.54, 1.807) is 0 Å². The Bertz CT molecular complexity index is 535. The van der Waals surface area contributed by atoms with Gasteiger partial charge in [0.25, 0.3) is 0 Å². The summed E-state index contributed by atoms with van der Waals surface area (Å²) in [6.45, 7) is 9.63. The summed E-state index contributed by atoms with van der Waals surface area (Å²) in [5.41, 5.74) is 2.13.